The number of Topliss-reactive ketones (excluding diaryl/α,β-unsaturated/α-hetero) is 1. The second-order valence-corrected chi connectivity index (χ2v) is 7.74. The Morgan fingerprint density at radius 2 is 1.97 bits per heavy atom. The zero-order valence-electron chi connectivity index (χ0n) is 18.3. The van der Waals surface area contributed by atoms with Crippen LogP contribution in [0.15, 0.2) is 29.8 Å². The molecule has 1 N–H and O–H groups in total. The van der Waals surface area contributed by atoms with E-state index in [0.29, 0.717) is 41.4 Å². The minimum Gasteiger partial charge on any atom is -0.507 e. The highest BCUT2D eigenvalue weighted by Gasteiger charge is 2.46. The van der Waals surface area contributed by atoms with Crippen molar-refractivity contribution in [3.05, 3.63) is 52.4 Å². The van der Waals surface area contributed by atoms with Gasteiger partial charge in [0.15, 0.2) is 0 Å². The SMILES string of the molecule is COc1cccc(C2C(=C(O)c3c(C)nn(C)c3C)C(=O)C(=O)N2CCN(C)C)c1. The predicted octanol–water partition coefficient (Wildman–Crippen LogP) is 2.03. The molecular formula is C22H28N4O4. The van der Waals surface area contributed by atoms with E-state index in [1.165, 1.54) is 4.90 Å². The van der Waals surface area contributed by atoms with E-state index in [2.05, 4.69) is 5.10 Å². The van der Waals surface area contributed by atoms with Crippen LogP contribution in [-0.4, -0.2) is 70.7 Å². The van der Waals surface area contributed by atoms with Crippen LogP contribution in [0.1, 0.15) is 28.6 Å². The molecule has 0 spiro atoms. The van der Waals surface area contributed by atoms with Crippen molar-refractivity contribution in [2.45, 2.75) is 19.9 Å². The van der Waals surface area contributed by atoms with Gasteiger partial charge in [-0.15, -0.1) is 0 Å². The Balaban J connectivity index is 2.22. The van der Waals surface area contributed by atoms with E-state index in [1.807, 2.05) is 32.0 Å². The average molecular weight is 412 g/mol. The minimum atomic E-state index is -0.709. The number of aryl methyl sites for hydroxylation is 2. The molecule has 0 aliphatic carbocycles. The molecule has 1 aromatic carbocycles. The molecule has 1 unspecified atom stereocenters. The molecule has 1 aromatic heterocycles. The lowest BCUT2D eigenvalue weighted by Crippen LogP contribution is -2.35. The van der Waals surface area contributed by atoms with Crippen LogP contribution in [0.25, 0.3) is 5.76 Å². The van der Waals surface area contributed by atoms with Gasteiger partial charge in [0, 0.05) is 25.8 Å². The maximum atomic E-state index is 13.1. The summed E-state index contributed by atoms with van der Waals surface area (Å²) in [7, 11) is 7.14. The lowest BCUT2D eigenvalue weighted by atomic mass is 9.94. The monoisotopic (exact) mass is 412 g/mol. The topological polar surface area (TPSA) is 87.9 Å². The van der Waals surface area contributed by atoms with E-state index in [-0.39, 0.29) is 11.3 Å². The molecule has 0 radical (unpaired) electrons. The van der Waals surface area contributed by atoms with Crippen LogP contribution in [-0.2, 0) is 16.6 Å². The second kappa shape index (κ2) is 8.31. The molecule has 0 saturated carbocycles. The number of benzene rings is 1. The van der Waals surface area contributed by atoms with Gasteiger partial charge < -0.3 is 19.6 Å². The number of nitrogens with zero attached hydrogens (tertiary/aromatic N) is 4. The van der Waals surface area contributed by atoms with Crippen molar-refractivity contribution in [1.29, 1.82) is 0 Å². The summed E-state index contributed by atoms with van der Waals surface area (Å²) in [5, 5.41) is 15.6. The number of ether oxygens (including phenoxy) is 1. The Hall–Kier alpha value is -3.13. The first-order chi connectivity index (χ1) is 14.2. The predicted molar refractivity (Wildman–Crippen MR) is 113 cm³/mol. The third-order valence-corrected chi connectivity index (χ3v) is 5.48. The van der Waals surface area contributed by atoms with E-state index in [1.54, 1.807) is 44.0 Å². The maximum absolute atomic E-state index is 13.1. The third-order valence-electron chi connectivity index (χ3n) is 5.48. The van der Waals surface area contributed by atoms with Crippen molar-refractivity contribution < 1.29 is 19.4 Å². The van der Waals surface area contributed by atoms with Crippen molar-refractivity contribution in [2.75, 3.05) is 34.3 Å². The van der Waals surface area contributed by atoms with Gasteiger partial charge in [-0.3, -0.25) is 14.3 Å². The number of carbonyl (C=O) groups excluding carboxylic acids is 2. The van der Waals surface area contributed by atoms with Crippen LogP contribution in [0.3, 0.4) is 0 Å². The molecule has 30 heavy (non-hydrogen) atoms. The summed E-state index contributed by atoms with van der Waals surface area (Å²) in [6.07, 6.45) is 0. The first-order valence-electron chi connectivity index (χ1n) is 9.75. The summed E-state index contributed by atoms with van der Waals surface area (Å²) < 4.78 is 6.98. The number of rotatable bonds is 6. The largest absolute Gasteiger partial charge is 0.507 e. The number of aromatic nitrogens is 2. The van der Waals surface area contributed by atoms with E-state index in [9.17, 15) is 14.7 Å². The van der Waals surface area contributed by atoms with E-state index < -0.39 is 17.7 Å². The third kappa shape index (κ3) is 3.70. The fourth-order valence-electron chi connectivity index (χ4n) is 3.83. The molecular weight excluding hydrogens is 384 g/mol. The number of aliphatic hydroxyl groups excluding tert-OH is 1. The van der Waals surface area contributed by atoms with Gasteiger partial charge >= 0.3 is 0 Å². The molecule has 0 bridgehead atoms. The van der Waals surface area contributed by atoms with Gasteiger partial charge in [-0.1, -0.05) is 12.1 Å². The van der Waals surface area contributed by atoms with Crippen molar-refractivity contribution in [1.82, 2.24) is 19.6 Å². The highest BCUT2D eigenvalue weighted by Crippen LogP contribution is 2.40. The first kappa shape index (κ1) is 21.6. The number of methoxy groups -OCH3 is 1. The summed E-state index contributed by atoms with van der Waals surface area (Å²) in [4.78, 5) is 29.5. The highest BCUT2D eigenvalue weighted by atomic mass is 16.5. The summed E-state index contributed by atoms with van der Waals surface area (Å²) in [5.74, 6) is -0.900. The van der Waals surface area contributed by atoms with Crippen molar-refractivity contribution in [3.63, 3.8) is 0 Å². The van der Waals surface area contributed by atoms with Crippen LogP contribution >= 0.6 is 0 Å². The molecule has 8 heteroatoms. The number of likely N-dealkylation sites (N-methyl/N-ethyl adjacent to an activating group) is 1. The smallest absolute Gasteiger partial charge is 0.295 e. The van der Waals surface area contributed by atoms with Crippen molar-refractivity contribution in [2.24, 2.45) is 7.05 Å². The molecule has 1 aliphatic rings. The van der Waals surface area contributed by atoms with Gasteiger partial charge in [-0.25, -0.2) is 0 Å². The number of amides is 1. The molecule has 1 saturated heterocycles. The number of hydrogen-bond donors (Lipinski definition) is 1. The van der Waals surface area contributed by atoms with Crippen LogP contribution in [0, 0.1) is 13.8 Å². The zero-order valence-corrected chi connectivity index (χ0v) is 18.3. The van der Waals surface area contributed by atoms with Crippen molar-refractivity contribution in [3.8, 4) is 5.75 Å². The number of likely N-dealkylation sites (tertiary alicyclic amines) is 1. The molecule has 8 nitrogen and oxygen atoms in total. The number of ketones is 1. The number of aliphatic hydroxyl groups is 1. The van der Waals surface area contributed by atoms with Gasteiger partial charge in [-0.2, -0.15) is 5.10 Å². The Labute approximate surface area is 176 Å². The fraction of sp³-hybridized carbons (Fsp3) is 0.409. The average Bonchev–Trinajstić information content (AvgIpc) is 3.11. The molecule has 1 fully saturated rings. The van der Waals surface area contributed by atoms with Crippen LogP contribution < -0.4 is 4.74 Å². The van der Waals surface area contributed by atoms with Gasteiger partial charge in [0.1, 0.15) is 11.5 Å². The molecule has 2 aromatic rings. The molecule has 1 amide bonds. The summed E-state index contributed by atoms with van der Waals surface area (Å²) in [5.41, 5.74) is 2.57. The second-order valence-electron chi connectivity index (χ2n) is 7.74. The fourth-order valence-corrected chi connectivity index (χ4v) is 3.83. The van der Waals surface area contributed by atoms with E-state index in [0.717, 1.165) is 0 Å². The molecule has 1 aliphatic heterocycles. The minimum absolute atomic E-state index is 0.0752. The molecule has 1 atom stereocenters. The molecule has 160 valence electrons. The van der Waals surface area contributed by atoms with Gasteiger partial charge in [-0.05, 0) is 45.6 Å². The van der Waals surface area contributed by atoms with Gasteiger partial charge in [0.2, 0.25) is 0 Å². The Kier molecular flexibility index (Phi) is 5.98. The quantitative estimate of drug-likeness (QED) is 0.444. The highest BCUT2D eigenvalue weighted by molar-refractivity contribution is 6.46. The van der Waals surface area contributed by atoms with Crippen LogP contribution in [0.4, 0.5) is 0 Å². The van der Waals surface area contributed by atoms with Crippen LogP contribution in [0.5, 0.6) is 5.75 Å². The normalized spacial score (nSPS) is 18.5. The molecule has 3 rings (SSSR count). The number of hydrogen-bond acceptors (Lipinski definition) is 6. The van der Waals surface area contributed by atoms with Crippen LogP contribution in [0.2, 0.25) is 0 Å². The first-order valence-corrected chi connectivity index (χ1v) is 9.75. The standard InChI is InChI=1S/C22H28N4O4/c1-13-17(14(2)25(5)23-13)20(27)18-19(15-8-7-9-16(12-15)30-6)26(11-10-24(3)4)22(29)21(18)28/h7-9,12,19,27H,10-11H2,1-6H3. The molecule has 2 heterocycles. The Morgan fingerprint density at radius 1 is 1.27 bits per heavy atom. The van der Waals surface area contributed by atoms with E-state index in [4.69, 9.17) is 4.74 Å². The maximum Gasteiger partial charge on any atom is 0.295 e. The summed E-state index contributed by atoms with van der Waals surface area (Å²) in [6.45, 7) is 4.52. The number of carbonyl (C=O) groups is 2. The summed E-state index contributed by atoms with van der Waals surface area (Å²) in [6, 6.07) is 6.51. The lowest BCUT2D eigenvalue weighted by molar-refractivity contribution is -0.140. The van der Waals surface area contributed by atoms with E-state index >= 15 is 0 Å². The Morgan fingerprint density at radius 3 is 2.53 bits per heavy atom. The van der Waals surface area contributed by atoms with Gasteiger partial charge in [0.05, 0.1) is 30.0 Å². The summed E-state index contributed by atoms with van der Waals surface area (Å²) >= 11 is 0. The van der Waals surface area contributed by atoms with Crippen molar-refractivity contribution >= 4 is 17.4 Å². The zero-order chi connectivity index (χ0) is 22.2. The lowest BCUT2D eigenvalue weighted by Gasteiger charge is -2.26. The van der Waals surface area contributed by atoms with Gasteiger partial charge in [0.25, 0.3) is 11.7 Å². The Bertz CT molecular complexity index is 1020.